The van der Waals surface area contributed by atoms with Crippen molar-refractivity contribution in [2.75, 3.05) is 111 Å². The first-order valence-electron chi connectivity index (χ1n) is 28.8. The fourth-order valence-corrected chi connectivity index (χ4v) is 10.2. The molecule has 4 aromatic rings. The molecule has 4 atom stereocenters. The number of urea groups is 2. The van der Waals surface area contributed by atoms with E-state index in [1.54, 1.807) is 0 Å². The third-order valence-electron chi connectivity index (χ3n) is 14.8. The largest absolute Gasteiger partial charge is 0.444 e. The third kappa shape index (κ3) is 19.4. The summed E-state index contributed by atoms with van der Waals surface area (Å²) >= 11 is 0. The number of aromatic nitrogens is 2. The number of hydrogen-bond donors (Lipinski definition) is 6. The van der Waals surface area contributed by atoms with Gasteiger partial charge in [0.2, 0.25) is 0 Å². The highest BCUT2D eigenvalue weighted by molar-refractivity contribution is 5.92. The molecule has 18 heteroatoms. The van der Waals surface area contributed by atoms with Gasteiger partial charge in [0.15, 0.2) is 0 Å². The van der Waals surface area contributed by atoms with Crippen molar-refractivity contribution < 1.29 is 28.6 Å². The smallest absolute Gasteiger partial charge is 0.408 e. The summed E-state index contributed by atoms with van der Waals surface area (Å²) in [7, 11) is 0. The van der Waals surface area contributed by atoms with E-state index in [4.69, 9.17) is 31.4 Å². The van der Waals surface area contributed by atoms with Crippen LogP contribution >= 0.6 is 0 Å². The Morgan fingerprint density at radius 2 is 1.06 bits per heavy atom. The van der Waals surface area contributed by atoms with Gasteiger partial charge in [-0.05, 0) is 196 Å². The lowest BCUT2D eigenvalue weighted by molar-refractivity contribution is 0.0473. The van der Waals surface area contributed by atoms with Gasteiger partial charge in [0.05, 0.1) is 5.54 Å². The maximum absolute atomic E-state index is 12.8. The van der Waals surface area contributed by atoms with Crippen molar-refractivity contribution in [1.82, 2.24) is 25.1 Å². The average molecular weight is 1090 g/mol. The van der Waals surface area contributed by atoms with E-state index in [1.807, 2.05) is 127 Å². The van der Waals surface area contributed by atoms with Gasteiger partial charge in [-0.15, -0.1) is 0 Å². The number of ether oxygens (including phenoxy) is 3. The van der Waals surface area contributed by atoms with Crippen molar-refractivity contribution in [3.05, 3.63) is 71.8 Å². The lowest BCUT2D eigenvalue weighted by Gasteiger charge is -2.28. The van der Waals surface area contributed by atoms with E-state index in [2.05, 4.69) is 69.5 Å². The number of alkyl carbamates (subject to hydrolysis) is 1. The fraction of sp³-hybridized carbons (Fsp3) is 0.590. The molecule has 9 N–H and O–H groups in total. The minimum atomic E-state index is -0.554. The van der Waals surface area contributed by atoms with Crippen LogP contribution in [0.1, 0.15) is 126 Å². The summed E-state index contributed by atoms with van der Waals surface area (Å²) < 4.78 is 15.1. The molecule has 2 aromatic heterocycles. The van der Waals surface area contributed by atoms with E-state index in [0.29, 0.717) is 30.0 Å². The molecule has 4 fully saturated rings. The Balaban J connectivity index is 0.000000251. The Kier molecular flexibility index (Phi) is 23.5. The topological polar surface area (TPSA) is 232 Å². The predicted octanol–water partition coefficient (Wildman–Crippen LogP) is 11.3. The predicted molar refractivity (Wildman–Crippen MR) is 324 cm³/mol. The molecule has 436 valence electrons. The molecule has 6 heterocycles. The number of likely N-dealkylation sites (tertiary alicyclic amines) is 2. The summed E-state index contributed by atoms with van der Waals surface area (Å²) in [5.41, 5.74) is 25.2. The number of hydrogen-bond acceptors (Lipinski definition) is 13. The van der Waals surface area contributed by atoms with Gasteiger partial charge >= 0.3 is 18.2 Å². The van der Waals surface area contributed by atoms with Crippen LogP contribution in [0.15, 0.2) is 60.7 Å². The fourth-order valence-electron chi connectivity index (χ4n) is 10.2. The minimum Gasteiger partial charge on any atom is -0.444 e. The highest BCUT2D eigenvalue weighted by Gasteiger charge is 2.37. The van der Waals surface area contributed by atoms with Gasteiger partial charge in [0, 0.05) is 95.7 Å². The number of nitrogens with one attached hydrogen (secondary N) is 3. The normalized spacial score (nSPS) is 20.6. The standard InChI is InChI=1S/C29H42N6O3.C24H34N6O.2C4H10O/c1-7-20-10-12-34(17-20)26(36)31-22-9-8-19(2)23(16-22)21-14-24(30)32-25(15-21)35-13-11-29(6,18-35)33-27(37)38-28(3,4)5;1-4-17-7-9-29(14-17)23(31)27-19-6-5-16(2)20(13-19)18-11-21(25)28-22(12-18)30-10-8-24(3,26)15-30;2*1-3-5-4-2/h8-9,14-16,20H,7,10-13,17-18H2,1-6H3,(H2,30,32)(H,31,36)(H,33,37);5-6,11-13,17H,4,7-10,14-15,26H2,1-3H3,(H2,25,28)(H,27,31);2*3-4H2,1-2H3/t20-,29+;17-,24+;;/m11../s1. The summed E-state index contributed by atoms with van der Waals surface area (Å²) in [4.78, 5) is 55.2. The highest BCUT2D eigenvalue weighted by Crippen LogP contribution is 2.35. The summed E-state index contributed by atoms with van der Waals surface area (Å²) in [5.74, 6) is 3.70. The van der Waals surface area contributed by atoms with Crippen LogP contribution in [0.3, 0.4) is 0 Å². The lowest BCUT2D eigenvalue weighted by Crippen LogP contribution is -2.49. The zero-order valence-corrected chi connectivity index (χ0v) is 50.0. The zero-order chi connectivity index (χ0) is 58.1. The van der Waals surface area contributed by atoms with Crippen molar-refractivity contribution in [3.8, 4) is 22.3 Å². The molecule has 0 unspecified atom stereocenters. The third-order valence-corrected chi connectivity index (χ3v) is 14.8. The summed E-state index contributed by atoms with van der Waals surface area (Å²) in [5, 5.41) is 9.18. The Morgan fingerprint density at radius 1 is 0.633 bits per heavy atom. The van der Waals surface area contributed by atoms with Crippen LogP contribution in [0.5, 0.6) is 0 Å². The number of carbonyl (C=O) groups is 3. The zero-order valence-electron chi connectivity index (χ0n) is 50.0. The van der Waals surface area contributed by atoms with E-state index >= 15 is 0 Å². The van der Waals surface area contributed by atoms with Crippen LogP contribution in [0.2, 0.25) is 0 Å². The molecule has 0 spiro atoms. The van der Waals surface area contributed by atoms with Gasteiger partial charge < -0.3 is 67.0 Å². The number of amides is 5. The molecule has 0 bridgehead atoms. The quantitative estimate of drug-likeness (QED) is 0.0732. The van der Waals surface area contributed by atoms with Crippen molar-refractivity contribution >= 4 is 52.8 Å². The van der Waals surface area contributed by atoms with Gasteiger partial charge in [0.25, 0.3) is 0 Å². The Morgan fingerprint density at radius 3 is 1.43 bits per heavy atom. The maximum Gasteiger partial charge on any atom is 0.408 e. The molecular weight excluding hydrogens is 997 g/mol. The summed E-state index contributed by atoms with van der Waals surface area (Å²) in [6.45, 7) is 35.6. The number of pyridine rings is 2. The Labute approximate surface area is 472 Å². The van der Waals surface area contributed by atoms with Crippen LogP contribution in [0.4, 0.5) is 49.0 Å². The van der Waals surface area contributed by atoms with Crippen LogP contribution in [0, 0.1) is 25.7 Å². The number of anilines is 6. The lowest BCUT2D eigenvalue weighted by atomic mass is 10.00. The molecular formula is C61H96N12O6. The molecule has 0 aliphatic carbocycles. The molecule has 4 aliphatic rings. The van der Waals surface area contributed by atoms with Gasteiger partial charge in [-0.25, -0.2) is 24.4 Å². The number of carbonyl (C=O) groups excluding carboxylic acids is 3. The molecule has 5 amide bonds. The molecule has 4 saturated heterocycles. The molecule has 8 rings (SSSR count). The van der Waals surface area contributed by atoms with E-state index in [0.717, 1.165) is 167 Å². The van der Waals surface area contributed by atoms with Crippen molar-refractivity contribution in [1.29, 1.82) is 0 Å². The first-order valence-corrected chi connectivity index (χ1v) is 28.8. The Hall–Kier alpha value is -6.37. The average Bonchev–Trinajstić information content (AvgIpc) is 4.25. The number of nitrogens with zero attached hydrogens (tertiary/aromatic N) is 6. The van der Waals surface area contributed by atoms with Crippen LogP contribution in [-0.4, -0.2) is 133 Å². The first-order chi connectivity index (χ1) is 37.4. The van der Waals surface area contributed by atoms with E-state index in [-0.39, 0.29) is 17.6 Å². The minimum absolute atomic E-state index is 0.0278. The summed E-state index contributed by atoms with van der Waals surface area (Å²) in [6, 6.07) is 19.7. The summed E-state index contributed by atoms with van der Waals surface area (Å²) in [6.07, 6.45) is 5.62. The van der Waals surface area contributed by atoms with Crippen molar-refractivity contribution in [2.45, 2.75) is 145 Å². The van der Waals surface area contributed by atoms with Crippen LogP contribution in [-0.2, 0) is 14.2 Å². The number of benzene rings is 2. The number of nitrogen functional groups attached to an aromatic ring is 2. The van der Waals surface area contributed by atoms with Gasteiger partial charge in [-0.3, -0.25) is 0 Å². The van der Waals surface area contributed by atoms with E-state index in [1.165, 1.54) is 0 Å². The number of aryl methyl sites for hydroxylation is 2. The van der Waals surface area contributed by atoms with E-state index < -0.39 is 17.2 Å². The Bertz CT molecular complexity index is 2610. The van der Waals surface area contributed by atoms with Crippen molar-refractivity contribution in [3.63, 3.8) is 0 Å². The van der Waals surface area contributed by atoms with Gasteiger partial charge in [-0.2, -0.15) is 0 Å². The second-order valence-corrected chi connectivity index (χ2v) is 23.0. The molecule has 4 aliphatic heterocycles. The monoisotopic (exact) mass is 1090 g/mol. The maximum atomic E-state index is 12.8. The second-order valence-electron chi connectivity index (χ2n) is 23.0. The SMILES string of the molecule is CCOCC.CCOCC.CC[C@@H]1CCN(C(=O)Nc2ccc(C)c(-c3cc(N)nc(N4CC[C@](C)(N)C4)c3)c2)C1.CC[C@@H]1CCN(C(=O)Nc2ccc(C)c(-c3cc(N)nc(N4CC[C@](C)(NC(=O)OC(C)(C)C)C4)c3)c2)C1. The number of rotatable bonds is 13. The van der Waals surface area contributed by atoms with E-state index in [9.17, 15) is 14.4 Å². The van der Waals surface area contributed by atoms with Crippen LogP contribution < -0.4 is 43.0 Å². The highest BCUT2D eigenvalue weighted by atomic mass is 16.6. The molecule has 2 aromatic carbocycles. The first kappa shape index (κ1) is 63.5. The second kappa shape index (κ2) is 29.2. The molecule has 79 heavy (non-hydrogen) atoms. The molecule has 18 nitrogen and oxygen atoms in total. The van der Waals surface area contributed by atoms with Gasteiger partial charge in [0.1, 0.15) is 28.9 Å². The molecule has 0 radical (unpaired) electrons. The van der Waals surface area contributed by atoms with Gasteiger partial charge in [-0.1, -0.05) is 38.8 Å². The van der Waals surface area contributed by atoms with Crippen molar-refractivity contribution in [2.24, 2.45) is 17.6 Å². The van der Waals surface area contributed by atoms with Crippen LogP contribution in [0.25, 0.3) is 22.3 Å². The number of nitrogens with two attached hydrogens (primary N) is 3. The molecule has 0 saturated carbocycles.